The Kier molecular flexibility index (Phi) is 5.61. The van der Waals surface area contributed by atoms with E-state index in [0.29, 0.717) is 30.1 Å². The van der Waals surface area contributed by atoms with E-state index in [-0.39, 0.29) is 45.2 Å². The van der Waals surface area contributed by atoms with Gasteiger partial charge in [-0.1, -0.05) is 55.0 Å². The molecule has 0 aromatic heterocycles. The van der Waals surface area contributed by atoms with Gasteiger partial charge in [0.1, 0.15) is 6.10 Å². The minimum Gasteiger partial charge on any atom is -0.393 e. The highest BCUT2D eigenvalue weighted by atomic mass is 17.1. The molecule has 0 aliphatic heterocycles. The Hall–Kier alpha value is -0.420. The summed E-state index contributed by atoms with van der Waals surface area (Å²) in [4.78, 5) is 4.87. The fraction of sp³-hybridized carbons (Fsp3) is 0.933. The molecule has 3 N–H and O–H groups in total. The van der Waals surface area contributed by atoms with Crippen molar-refractivity contribution < 1.29 is 20.4 Å². The summed E-state index contributed by atoms with van der Waals surface area (Å²) in [6.45, 7) is 21.1. The molecule has 34 heavy (non-hydrogen) atoms. The monoisotopic (exact) mass is 474 g/mol. The largest absolute Gasteiger partial charge is 0.393 e. The van der Waals surface area contributed by atoms with Gasteiger partial charge in [0.25, 0.3) is 0 Å². The smallest absolute Gasteiger partial charge is 0.114 e. The molecule has 0 radical (unpaired) electrons. The Morgan fingerprint density at radius 3 is 2.12 bits per heavy atom. The molecule has 0 aromatic carbocycles. The summed E-state index contributed by atoms with van der Waals surface area (Å²) in [7, 11) is 0. The van der Waals surface area contributed by atoms with Gasteiger partial charge in [0.15, 0.2) is 0 Å². The van der Waals surface area contributed by atoms with Gasteiger partial charge in [-0.05, 0) is 108 Å². The fourth-order valence-electron chi connectivity index (χ4n) is 11.6. The fourth-order valence-corrected chi connectivity index (χ4v) is 11.6. The Balaban J connectivity index is 1.56. The Morgan fingerprint density at radius 2 is 1.47 bits per heavy atom. The Labute approximate surface area is 207 Å². The van der Waals surface area contributed by atoms with Crippen LogP contribution in [0.4, 0.5) is 0 Å². The lowest BCUT2D eigenvalue weighted by Crippen LogP contribution is -2.69. The van der Waals surface area contributed by atoms with E-state index in [1.807, 2.05) is 0 Å². The summed E-state index contributed by atoms with van der Waals surface area (Å²) in [5.74, 6) is 2.28. The van der Waals surface area contributed by atoms with Crippen molar-refractivity contribution in [2.24, 2.45) is 56.7 Å². The van der Waals surface area contributed by atoms with Crippen molar-refractivity contribution in [2.45, 2.75) is 118 Å². The molecular weight excluding hydrogens is 424 g/mol. The molecule has 5 fully saturated rings. The van der Waals surface area contributed by atoms with E-state index in [1.54, 1.807) is 0 Å². The molecule has 5 aliphatic carbocycles. The van der Waals surface area contributed by atoms with E-state index in [9.17, 15) is 15.5 Å². The number of hydrogen-bond donors (Lipinski definition) is 3. The third-order valence-electron chi connectivity index (χ3n) is 13.8. The second-order valence-electron chi connectivity index (χ2n) is 15.0. The lowest BCUT2D eigenvalue weighted by Gasteiger charge is -2.74. The van der Waals surface area contributed by atoms with Crippen LogP contribution < -0.4 is 0 Å². The third kappa shape index (κ3) is 2.86. The molecule has 12 unspecified atom stereocenters. The average molecular weight is 475 g/mol. The van der Waals surface area contributed by atoms with E-state index in [1.165, 1.54) is 25.7 Å². The highest BCUT2D eigenvalue weighted by Gasteiger charge is 2.71. The van der Waals surface area contributed by atoms with Gasteiger partial charge >= 0.3 is 0 Å². The van der Waals surface area contributed by atoms with Crippen molar-refractivity contribution in [2.75, 3.05) is 0 Å². The van der Waals surface area contributed by atoms with Crippen LogP contribution in [0.1, 0.15) is 99.8 Å². The highest BCUT2D eigenvalue weighted by Crippen LogP contribution is 2.76. The van der Waals surface area contributed by atoms with Gasteiger partial charge < -0.3 is 10.2 Å². The maximum atomic E-state index is 11.8. The van der Waals surface area contributed by atoms with Crippen molar-refractivity contribution >= 4 is 0 Å². The first-order valence-corrected chi connectivity index (χ1v) is 14.0. The summed E-state index contributed by atoms with van der Waals surface area (Å²) < 4.78 is 0. The van der Waals surface area contributed by atoms with E-state index in [2.05, 4.69) is 55.0 Å². The van der Waals surface area contributed by atoms with Crippen molar-refractivity contribution in [3.05, 3.63) is 12.2 Å². The predicted molar refractivity (Wildman–Crippen MR) is 135 cm³/mol. The molecule has 0 amide bonds. The first-order chi connectivity index (χ1) is 15.7. The van der Waals surface area contributed by atoms with E-state index >= 15 is 0 Å². The van der Waals surface area contributed by atoms with Crippen LogP contribution in [0.3, 0.4) is 0 Å². The van der Waals surface area contributed by atoms with E-state index < -0.39 is 6.10 Å². The van der Waals surface area contributed by atoms with Crippen molar-refractivity contribution in [1.82, 2.24) is 0 Å². The van der Waals surface area contributed by atoms with Crippen LogP contribution in [0, 0.1) is 56.7 Å². The first kappa shape index (κ1) is 25.2. The molecule has 4 nitrogen and oxygen atoms in total. The Morgan fingerprint density at radius 1 is 0.794 bits per heavy atom. The minimum absolute atomic E-state index is 0.0360. The Bertz CT molecular complexity index is 853. The molecule has 194 valence electrons. The molecule has 0 saturated heterocycles. The van der Waals surface area contributed by atoms with Crippen LogP contribution in [0.15, 0.2) is 12.2 Å². The zero-order valence-corrected chi connectivity index (χ0v) is 22.7. The normalized spacial score (nSPS) is 58.8. The summed E-state index contributed by atoms with van der Waals surface area (Å²) >= 11 is 0. The zero-order chi connectivity index (χ0) is 25.1. The standard InChI is InChI=1S/C30H50O4/c1-17-18(2)25-19-9-10-22-27(5)13-12-23(31)26(3,4)21(27)11-14-29(22,7)30(19,8)16-24(32)28(25,6)15-20(17)34-33/h18-25,31-33H,1,9-16H2,2-8H3. The summed E-state index contributed by atoms with van der Waals surface area (Å²) in [6.07, 6.45) is 7.35. The summed E-state index contributed by atoms with van der Waals surface area (Å²) in [5, 5.41) is 32.3. The van der Waals surface area contributed by atoms with Gasteiger partial charge in [0, 0.05) is 5.41 Å². The topological polar surface area (TPSA) is 69.9 Å². The minimum atomic E-state index is -0.405. The lowest BCUT2D eigenvalue weighted by atomic mass is 9.31. The first-order valence-electron chi connectivity index (χ1n) is 14.0. The summed E-state index contributed by atoms with van der Waals surface area (Å²) in [6, 6.07) is 0. The van der Waals surface area contributed by atoms with Gasteiger partial charge in [-0.25, -0.2) is 4.89 Å². The van der Waals surface area contributed by atoms with Crippen LogP contribution in [0.25, 0.3) is 0 Å². The molecule has 5 rings (SSSR count). The maximum absolute atomic E-state index is 11.8. The predicted octanol–water partition coefficient (Wildman–Crippen LogP) is 6.46. The molecule has 5 aliphatic rings. The van der Waals surface area contributed by atoms with Crippen LogP contribution in [-0.2, 0) is 4.89 Å². The highest BCUT2D eigenvalue weighted by molar-refractivity contribution is 5.24. The molecule has 4 heteroatoms. The van der Waals surface area contributed by atoms with Gasteiger partial charge in [-0.15, -0.1) is 0 Å². The zero-order valence-electron chi connectivity index (χ0n) is 22.7. The molecule has 0 heterocycles. The number of aliphatic hydroxyl groups excluding tert-OH is 2. The maximum Gasteiger partial charge on any atom is 0.114 e. The van der Waals surface area contributed by atoms with Gasteiger partial charge in [0.05, 0.1) is 12.2 Å². The third-order valence-corrected chi connectivity index (χ3v) is 13.8. The van der Waals surface area contributed by atoms with Crippen molar-refractivity contribution in [1.29, 1.82) is 0 Å². The lowest BCUT2D eigenvalue weighted by molar-refractivity contribution is -0.306. The van der Waals surface area contributed by atoms with Crippen molar-refractivity contribution in [3.8, 4) is 0 Å². The van der Waals surface area contributed by atoms with Gasteiger partial charge in [-0.3, -0.25) is 5.26 Å². The van der Waals surface area contributed by atoms with Crippen LogP contribution in [-0.4, -0.2) is 33.8 Å². The van der Waals surface area contributed by atoms with Crippen LogP contribution >= 0.6 is 0 Å². The molecule has 0 bridgehead atoms. The van der Waals surface area contributed by atoms with E-state index in [0.717, 1.165) is 24.8 Å². The number of hydrogen-bond acceptors (Lipinski definition) is 4. The molecule has 0 aromatic rings. The molecule has 0 spiro atoms. The van der Waals surface area contributed by atoms with Gasteiger partial charge in [-0.2, -0.15) is 0 Å². The SMILES string of the molecule is C=C1C(OO)CC2(C)C(O)CC3(C)C(CCC4C5(C)CCC(O)C(C)(C)C5CCC43C)C2C1C. The molecular formula is C30H50O4. The quantitative estimate of drug-likeness (QED) is 0.232. The molecule has 12 atom stereocenters. The number of fused-ring (bicyclic) bond motifs is 7. The number of rotatable bonds is 1. The second kappa shape index (κ2) is 7.55. The summed E-state index contributed by atoms with van der Waals surface area (Å²) in [5.41, 5.74) is 1.17. The average Bonchev–Trinajstić information content (AvgIpc) is 2.75. The van der Waals surface area contributed by atoms with Crippen LogP contribution in [0.5, 0.6) is 0 Å². The van der Waals surface area contributed by atoms with Crippen molar-refractivity contribution in [3.63, 3.8) is 0 Å². The number of aliphatic hydroxyl groups is 2. The van der Waals surface area contributed by atoms with Gasteiger partial charge in [0.2, 0.25) is 0 Å². The van der Waals surface area contributed by atoms with E-state index in [4.69, 9.17) is 4.89 Å². The second-order valence-corrected chi connectivity index (χ2v) is 15.0. The molecule has 5 saturated carbocycles. The van der Waals surface area contributed by atoms with Crippen LogP contribution in [0.2, 0.25) is 0 Å².